The first-order chi connectivity index (χ1) is 13.0. The smallest absolute Gasteiger partial charge is 0.387 e. The highest BCUT2D eigenvalue weighted by Gasteiger charge is 2.18. The molecule has 3 rings (SSSR count). The van der Waals surface area contributed by atoms with Gasteiger partial charge in [0.25, 0.3) is 0 Å². The van der Waals surface area contributed by atoms with Crippen LogP contribution in [0.15, 0.2) is 61.2 Å². The van der Waals surface area contributed by atoms with Crippen molar-refractivity contribution in [3.8, 4) is 22.6 Å². The van der Waals surface area contributed by atoms with Gasteiger partial charge in [-0.25, -0.2) is 4.39 Å². The molecule has 3 aromatic rings. The van der Waals surface area contributed by atoms with Gasteiger partial charge in [0.2, 0.25) is 0 Å². The van der Waals surface area contributed by atoms with Crippen LogP contribution < -0.4 is 9.47 Å². The molecule has 0 aliphatic rings. The van der Waals surface area contributed by atoms with E-state index in [-0.39, 0.29) is 16.9 Å². The molecule has 0 fully saturated rings. The van der Waals surface area contributed by atoms with Crippen LogP contribution in [0, 0.1) is 5.82 Å². The lowest BCUT2D eigenvalue weighted by Gasteiger charge is -2.13. The number of rotatable bonds is 7. The van der Waals surface area contributed by atoms with Crippen LogP contribution >= 0.6 is 0 Å². The predicted molar refractivity (Wildman–Crippen MR) is 101 cm³/mol. The third kappa shape index (κ3) is 4.08. The number of allylic oxidation sites excluding steroid dienone is 1. The second kappa shape index (κ2) is 8.16. The van der Waals surface area contributed by atoms with Crippen LogP contribution in [0.1, 0.15) is 12.0 Å². The van der Waals surface area contributed by atoms with E-state index in [0.29, 0.717) is 5.39 Å². The molecule has 0 aliphatic carbocycles. The fourth-order valence-electron chi connectivity index (χ4n) is 3.01. The van der Waals surface area contributed by atoms with Crippen molar-refractivity contribution in [3.63, 3.8) is 0 Å². The Morgan fingerprint density at radius 3 is 2.37 bits per heavy atom. The van der Waals surface area contributed by atoms with Crippen molar-refractivity contribution in [2.24, 2.45) is 0 Å². The molecule has 5 heteroatoms. The summed E-state index contributed by atoms with van der Waals surface area (Å²) in [5, 5.41) is 0.733. The molecule has 0 saturated heterocycles. The van der Waals surface area contributed by atoms with E-state index in [4.69, 9.17) is 4.74 Å². The second-order valence-corrected chi connectivity index (χ2v) is 6.06. The van der Waals surface area contributed by atoms with Gasteiger partial charge in [0.05, 0.1) is 7.11 Å². The maximum absolute atomic E-state index is 14.6. The number of hydrogen-bond acceptors (Lipinski definition) is 2. The van der Waals surface area contributed by atoms with Crippen LogP contribution in [0.5, 0.6) is 11.5 Å². The standard InChI is InChI=1S/C22H19F3O2/c1-3-4-5-14-6-8-15(9-7-14)16-10-11-18-17(12-16)13-19(27-22(24)25)21(26-2)20(18)23/h3,6-13,22H,1,4-5H2,2H3. The molecule has 0 amide bonds. The maximum atomic E-state index is 14.6. The van der Waals surface area contributed by atoms with E-state index < -0.39 is 12.4 Å². The molecule has 27 heavy (non-hydrogen) atoms. The number of halogens is 3. The minimum absolute atomic E-state index is 0.278. The zero-order chi connectivity index (χ0) is 19.4. The van der Waals surface area contributed by atoms with Crippen molar-refractivity contribution in [3.05, 3.63) is 72.6 Å². The third-order valence-electron chi connectivity index (χ3n) is 4.34. The Morgan fingerprint density at radius 2 is 1.74 bits per heavy atom. The van der Waals surface area contributed by atoms with Crippen LogP contribution in [0.4, 0.5) is 13.2 Å². The quantitative estimate of drug-likeness (QED) is 0.448. The molecule has 0 aromatic heterocycles. The Labute approximate surface area is 155 Å². The average Bonchev–Trinajstić information content (AvgIpc) is 2.66. The van der Waals surface area contributed by atoms with Gasteiger partial charge in [0.15, 0.2) is 17.3 Å². The molecule has 0 spiro atoms. The van der Waals surface area contributed by atoms with E-state index in [1.807, 2.05) is 30.3 Å². The van der Waals surface area contributed by atoms with Crippen LogP contribution in [0.3, 0.4) is 0 Å². The number of aryl methyl sites for hydroxylation is 1. The fourth-order valence-corrected chi connectivity index (χ4v) is 3.01. The maximum Gasteiger partial charge on any atom is 0.387 e. The van der Waals surface area contributed by atoms with Crippen LogP contribution in [0.25, 0.3) is 21.9 Å². The lowest BCUT2D eigenvalue weighted by molar-refractivity contribution is -0.0513. The molecule has 0 heterocycles. The summed E-state index contributed by atoms with van der Waals surface area (Å²) in [6.07, 6.45) is 3.70. The Bertz CT molecular complexity index is 950. The van der Waals surface area contributed by atoms with Gasteiger partial charge < -0.3 is 9.47 Å². The van der Waals surface area contributed by atoms with Crippen molar-refractivity contribution >= 4 is 10.8 Å². The highest BCUT2D eigenvalue weighted by molar-refractivity contribution is 5.90. The van der Waals surface area contributed by atoms with Crippen molar-refractivity contribution in [1.82, 2.24) is 0 Å². The van der Waals surface area contributed by atoms with Gasteiger partial charge in [0, 0.05) is 5.39 Å². The zero-order valence-corrected chi connectivity index (χ0v) is 14.8. The average molecular weight is 372 g/mol. The molecule has 0 N–H and O–H groups in total. The number of methoxy groups -OCH3 is 1. The zero-order valence-electron chi connectivity index (χ0n) is 14.8. The molecular formula is C22H19F3O2. The molecular weight excluding hydrogens is 353 g/mol. The van der Waals surface area contributed by atoms with Gasteiger partial charge in [-0.1, -0.05) is 42.5 Å². The highest BCUT2D eigenvalue weighted by Crippen LogP contribution is 2.38. The van der Waals surface area contributed by atoms with E-state index in [1.54, 1.807) is 18.2 Å². The summed E-state index contributed by atoms with van der Waals surface area (Å²) >= 11 is 0. The van der Waals surface area contributed by atoms with Crippen molar-refractivity contribution in [2.75, 3.05) is 7.11 Å². The Morgan fingerprint density at radius 1 is 1.04 bits per heavy atom. The Kier molecular flexibility index (Phi) is 5.69. The summed E-state index contributed by atoms with van der Waals surface area (Å²) in [4.78, 5) is 0. The second-order valence-electron chi connectivity index (χ2n) is 6.06. The molecule has 0 aliphatic heterocycles. The topological polar surface area (TPSA) is 18.5 Å². The first kappa shape index (κ1) is 18.8. The predicted octanol–water partition coefficient (Wildman–Crippen LogP) is 6.37. The minimum atomic E-state index is -3.07. The van der Waals surface area contributed by atoms with Gasteiger partial charge >= 0.3 is 6.61 Å². The number of hydrogen-bond donors (Lipinski definition) is 0. The van der Waals surface area contributed by atoms with E-state index in [9.17, 15) is 13.2 Å². The van der Waals surface area contributed by atoms with E-state index in [1.165, 1.54) is 18.7 Å². The Hall–Kier alpha value is -2.95. The molecule has 0 bridgehead atoms. The van der Waals surface area contributed by atoms with Gasteiger partial charge in [-0.15, -0.1) is 6.58 Å². The summed E-state index contributed by atoms with van der Waals surface area (Å²) in [6, 6.07) is 14.5. The number of ether oxygens (including phenoxy) is 2. The monoisotopic (exact) mass is 372 g/mol. The lowest BCUT2D eigenvalue weighted by Crippen LogP contribution is -2.04. The largest absolute Gasteiger partial charge is 0.490 e. The fraction of sp³-hybridized carbons (Fsp3) is 0.182. The van der Waals surface area contributed by atoms with Crippen LogP contribution in [-0.4, -0.2) is 13.7 Å². The normalized spacial score (nSPS) is 11.0. The van der Waals surface area contributed by atoms with Crippen molar-refractivity contribution in [1.29, 1.82) is 0 Å². The molecule has 3 aromatic carbocycles. The van der Waals surface area contributed by atoms with E-state index >= 15 is 0 Å². The highest BCUT2D eigenvalue weighted by atomic mass is 19.3. The summed E-state index contributed by atoms with van der Waals surface area (Å²) in [6.45, 7) is 0.650. The van der Waals surface area contributed by atoms with Crippen molar-refractivity contribution < 1.29 is 22.6 Å². The Balaban J connectivity index is 2.02. The molecule has 2 nitrogen and oxygen atoms in total. The van der Waals surface area contributed by atoms with Gasteiger partial charge in [-0.2, -0.15) is 8.78 Å². The summed E-state index contributed by atoms with van der Waals surface area (Å²) in [5.74, 6) is -1.38. The SMILES string of the molecule is C=CCCc1ccc(-c2ccc3c(F)c(OC)c(OC(F)F)cc3c2)cc1. The first-order valence-corrected chi connectivity index (χ1v) is 8.48. The minimum Gasteiger partial charge on any atom is -0.490 e. The third-order valence-corrected chi connectivity index (χ3v) is 4.34. The first-order valence-electron chi connectivity index (χ1n) is 8.48. The number of benzene rings is 3. The van der Waals surface area contributed by atoms with Gasteiger partial charge in [0.1, 0.15) is 0 Å². The number of alkyl halides is 2. The van der Waals surface area contributed by atoms with Crippen LogP contribution in [0.2, 0.25) is 0 Å². The summed E-state index contributed by atoms with van der Waals surface area (Å²) < 4.78 is 49.2. The van der Waals surface area contributed by atoms with Crippen molar-refractivity contribution in [2.45, 2.75) is 19.5 Å². The molecule has 140 valence electrons. The van der Waals surface area contributed by atoms with E-state index in [2.05, 4.69) is 11.3 Å². The molecule has 0 saturated carbocycles. The molecule has 0 unspecified atom stereocenters. The van der Waals surface area contributed by atoms with Gasteiger partial charge in [-0.05, 0) is 47.1 Å². The summed E-state index contributed by atoms with van der Waals surface area (Å²) in [7, 11) is 1.21. The number of fused-ring (bicyclic) bond motifs is 1. The van der Waals surface area contributed by atoms with E-state index in [0.717, 1.165) is 24.0 Å². The molecule has 0 atom stereocenters. The molecule has 0 radical (unpaired) electrons. The summed E-state index contributed by atoms with van der Waals surface area (Å²) in [5.41, 5.74) is 3.00. The van der Waals surface area contributed by atoms with Crippen LogP contribution in [-0.2, 0) is 6.42 Å². The van der Waals surface area contributed by atoms with Gasteiger partial charge in [-0.3, -0.25) is 0 Å². The lowest BCUT2D eigenvalue weighted by atomic mass is 9.99.